The molecule has 1 fully saturated rings. The predicted molar refractivity (Wildman–Crippen MR) is 107 cm³/mol. The molecule has 1 aliphatic rings. The maximum Gasteiger partial charge on any atom is 0.416 e. The number of benzene rings is 2. The van der Waals surface area contributed by atoms with Crippen LogP contribution in [-0.4, -0.2) is 44.1 Å². The number of halogens is 3. The molecule has 2 aromatic rings. The van der Waals surface area contributed by atoms with E-state index in [1.807, 2.05) is 30.3 Å². The summed E-state index contributed by atoms with van der Waals surface area (Å²) in [6.45, 7) is 1.99. The van der Waals surface area contributed by atoms with Crippen molar-refractivity contribution in [2.45, 2.75) is 6.18 Å². The van der Waals surface area contributed by atoms with Crippen molar-refractivity contribution in [1.82, 2.24) is 4.90 Å². The van der Waals surface area contributed by atoms with Gasteiger partial charge in [-0.25, -0.2) is 0 Å². The fourth-order valence-electron chi connectivity index (χ4n) is 3.24. The van der Waals surface area contributed by atoms with E-state index in [2.05, 4.69) is 4.90 Å². The van der Waals surface area contributed by atoms with Crippen LogP contribution in [0.3, 0.4) is 0 Å². The van der Waals surface area contributed by atoms with Crippen molar-refractivity contribution in [3.8, 4) is 11.8 Å². The Kier molecular flexibility index (Phi) is 6.31. The quantitative estimate of drug-likeness (QED) is 0.560. The SMILES string of the molecule is COc1ccc(N2CCN(C(=O)/C(C#N)=C/c3cccc(C(F)(F)F)c3)CC2)cc1. The summed E-state index contributed by atoms with van der Waals surface area (Å²) in [7, 11) is 1.60. The number of carbonyl (C=O) groups is 1. The largest absolute Gasteiger partial charge is 0.497 e. The number of ether oxygens (including phenoxy) is 1. The number of nitrogens with zero attached hydrogens (tertiary/aromatic N) is 3. The standard InChI is InChI=1S/C22H20F3N3O2/c1-30-20-7-5-19(6-8-20)27-9-11-28(12-10-27)21(29)17(15-26)13-16-3-2-4-18(14-16)22(23,24)25/h2-8,13-14H,9-12H2,1H3/b17-13+. The van der Waals surface area contributed by atoms with E-state index in [9.17, 15) is 23.2 Å². The molecular formula is C22H20F3N3O2. The van der Waals surface area contributed by atoms with Gasteiger partial charge in [0.05, 0.1) is 12.7 Å². The Morgan fingerprint density at radius 3 is 2.33 bits per heavy atom. The average Bonchev–Trinajstić information content (AvgIpc) is 2.77. The van der Waals surface area contributed by atoms with E-state index in [0.717, 1.165) is 23.6 Å². The number of hydrogen-bond donors (Lipinski definition) is 0. The molecule has 0 saturated carbocycles. The van der Waals surface area contributed by atoms with Crippen LogP contribution >= 0.6 is 0 Å². The normalized spacial score (nSPS) is 15.0. The molecule has 3 rings (SSSR count). The molecule has 1 saturated heterocycles. The second-order valence-corrected chi connectivity index (χ2v) is 6.77. The number of alkyl halides is 3. The lowest BCUT2D eigenvalue weighted by Gasteiger charge is -2.36. The maximum absolute atomic E-state index is 12.9. The first kappa shape index (κ1) is 21.2. The summed E-state index contributed by atoms with van der Waals surface area (Å²) in [6, 6.07) is 14.0. The van der Waals surface area contributed by atoms with Crippen LogP contribution in [0.15, 0.2) is 54.1 Å². The highest BCUT2D eigenvalue weighted by Crippen LogP contribution is 2.30. The van der Waals surface area contributed by atoms with Gasteiger partial charge in [-0.1, -0.05) is 12.1 Å². The van der Waals surface area contributed by atoms with Gasteiger partial charge < -0.3 is 14.5 Å². The summed E-state index contributed by atoms with van der Waals surface area (Å²) >= 11 is 0. The Bertz CT molecular complexity index is 970. The molecule has 8 heteroatoms. The molecule has 1 heterocycles. The van der Waals surface area contributed by atoms with Crippen molar-refractivity contribution >= 4 is 17.7 Å². The number of piperazine rings is 1. The van der Waals surface area contributed by atoms with E-state index in [1.165, 1.54) is 18.2 Å². The van der Waals surface area contributed by atoms with Gasteiger partial charge >= 0.3 is 6.18 Å². The van der Waals surface area contributed by atoms with Crippen molar-refractivity contribution in [3.05, 3.63) is 65.2 Å². The van der Waals surface area contributed by atoms with Gasteiger partial charge in [0.25, 0.3) is 5.91 Å². The van der Waals surface area contributed by atoms with Crippen LogP contribution < -0.4 is 9.64 Å². The predicted octanol–water partition coefficient (Wildman–Crippen LogP) is 3.97. The lowest BCUT2D eigenvalue weighted by molar-refractivity contribution is -0.137. The second kappa shape index (κ2) is 8.91. The molecule has 1 aliphatic heterocycles. The van der Waals surface area contributed by atoms with Gasteiger partial charge in [-0.2, -0.15) is 18.4 Å². The minimum atomic E-state index is -4.49. The monoisotopic (exact) mass is 415 g/mol. The average molecular weight is 415 g/mol. The van der Waals surface area contributed by atoms with Gasteiger partial charge in [0, 0.05) is 31.9 Å². The zero-order chi connectivity index (χ0) is 21.7. The van der Waals surface area contributed by atoms with E-state index in [1.54, 1.807) is 12.0 Å². The van der Waals surface area contributed by atoms with Crippen molar-refractivity contribution < 1.29 is 22.7 Å². The van der Waals surface area contributed by atoms with Crippen LogP contribution in [0.5, 0.6) is 5.75 Å². The minimum Gasteiger partial charge on any atom is -0.497 e. The molecule has 1 amide bonds. The van der Waals surface area contributed by atoms with E-state index in [4.69, 9.17) is 4.74 Å². The lowest BCUT2D eigenvalue weighted by atomic mass is 10.1. The smallest absolute Gasteiger partial charge is 0.416 e. The third kappa shape index (κ3) is 4.92. The molecule has 156 valence electrons. The van der Waals surface area contributed by atoms with E-state index in [-0.39, 0.29) is 11.1 Å². The van der Waals surface area contributed by atoms with Crippen molar-refractivity contribution in [2.24, 2.45) is 0 Å². The molecule has 0 aromatic heterocycles. The summed E-state index contributed by atoms with van der Waals surface area (Å²) < 4.78 is 43.8. The van der Waals surface area contributed by atoms with Crippen molar-refractivity contribution in [1.29, 1.82) is 5.26 Å². The van der Waals surface area contributed by atoms with Crippen LogP contribution in [0.4, 0.5) is 18.9 Å². The highest BCUT2D eigenvalue weighted by Gasteiger charge is 2.30. The molecule has 0 N–H and O–H groups in total. The van der Waals surface area contributed by atoms with Gasteiger partial charge in [-0.15, -0.1) is 0 Å². The third-order valence-corrected chi connectivity index (χ3v) is 4.88. The maximum atomic E-state index is 12.9. The molecule has 0 radical (unpaired) electrons. The molecule has 0 aliphatic carbocycles. The van der Waals surface area contributed by atoms with Gasteiger partial charge in [-0.3, -0.25) is 4.79 Å². The Hall–Kier alpha value is -3.47. The first-order chi connectivity index (χ1) is 14.3. The van der Waals surface area contributed by atoms with Gasteiger partial charge in [0.1, 0.15) is 17.4 Å². The van der Waals surface area contributed by atoms with Crippen LogP contribution in [0.2, 0.25) is 0 Å². The highest BCUT2D eigenvalue weighted by atomic mass is 19.4. The molecular weight excluding hydrogens is 395 g/mol. The fourth-order valence-corrected chi connectivity index (χ4v) is 3.24. The summed E-state index contributed by atoms with van der Waals surface area (Å²) in [6.07, 6.45) is -3.29. The minimum absolute atomic E-state index is 0.159. The number of hydrogen-bond acceptors (Lipinski definition) is 4. The zero-order valence-corrected chi connectivity index (χ0v) is 16.3. The topological polar surface area (TPSA) is 56.6 Å². The highest BCUT2D eigenvalue weighted by molar-refractivity contribution is 6.01. The molecule has 0 bridgehead atoms. The van der Waals surface area contributed by atoms with E-state index >= 15 is 0 Å². The second-order valence-electron chi connectivity index (χ2n) is 6.77. The summed E-state index contributed by atoms with van der Waals surface area (Å²) in [5, 5.41) is 9.39. The lowest BCUT2D eigenvalue weighted by Crippen LogP contribution is -2.49. The molecule has 0 atom stereocenters. The number of nitriles is 1. The summed E-state index contributed by atoms with van der Waals surface area (Å²) in [5.41, 5.74) is 0.149. The van der Waals surface area contributed by atoms with E-state index in [0.29, 0.717) is 26.2 Å². The van der Waals surface area contributed by atoms with Crippen LogP contribution in [0.25, 0.3) is 6.08 Å². The fraction of sp³-hybridized carbons (Fsp3) is 0.273. The number of amides is 1. The zero-order valence-electron chi connectivity index (χ0n) is 16.3. The first-order valence-corrected chi connectivity index (χ1v) is 9.29. The Morgan fingerprint density at radius 1 is 1.10 bits per heavy atom. The van der Waals surface area contributed by atoms with Crippen LogP contribution in [0, 0.1) is 11.3 Å². The molecule has 0 unspecified atom stereocenters. The molecule has 2 aromatic carbocycles. The van der Waals surface area contributed by atoms with Gasteiger partial charge in [0.15, 0.2) is 0 Å². The van der Waals surface area contributed by atoms with Crippen LogP contribution in [-0.2, 0) is 11.0 Å². The van der Waals surface area contributed by atoms with Crippen LogP contribution in [0.1, 0.15) is 11.1 Å². The number of methoxy groups -OCH3 is 1. The number of anilines is 1. The number of rotatable bonds is 4. The summed E-state index contributed by atoms with van der Waals surface area (Å²) in [5.74, 6) is 0.273. The summed E-state index contributed by atoms with van der Waals surface area (Å²) in [4.78, 5) is 16.4. The molecule has 0 spiro atoms. The Morgan fingerprint density at radius 2 is 1.77 bits per heavy atom. The Labute approximate surface area is 172 Å². The van der Waals surface area contributed by atoms with Gasteiger partial charge in [0.2, 0.25) is 0 Å². The first-order valence-electron chi connectivity index (χ1n) is 9.29. The number of carbonyl (C=O) groups excluding carboxylic acids is 1. The van der Waals surface area contributed by atoms with Crippen molar-refractivity contribution in [3.63, 3.8) is 0 Å². The van der Waals surface area contributed by atoms with Crippen molar-refractivity contribution in [2.75, 3.05) is 38.2 Å². The Balaban J connectivity index is 1.68. The molecule has 5 nitrogen and oxygen atoms in total. The van der Waals surface area contributed by atoms with Gasteiger partial charge in [-0.05, 0) is 48.0 Å². The van der Waals surface area contributed by atoms with E-state index < -0.39 is 17.6 Å². The molecule has 30 heavy (non-hydrogen) atoms. The third-order valence-electron chi connectivity index (χ3n) is 4.88.